The van der Waals surface area contributed by atoms with Gasteiger partial charge in [-0.25, -0.2) is 0 Å². The van der Waals surface area contributed by atoms with E-state index >= 15 is 0 Å². The number of hydrogen-bond donors (Lipinski definition) is 0. The van der Waals surface area contributed by atoms with E-state index in [0.29, 0.717) is 25.2 Å². The smallest absolute Gasteiger partial charge is 0.319 e. The van der Waals surface area contributed by atoms with Gasteiger partial charge in [0.25, 0.3) is 0 Å². The molecule has 144 valence electrons. The molecule has 0 aromatic carbocycles. The summed E-state index contributed by atoms with van der Waals surface area (Å²) >= 11 is 9.18. The molecule has 2 atom stereocenters. The maximum atomic E-state index is 10.7. The van der Waals surface area contributed by atoms with Gasteiger partial charge in [-0.15, -0.1) is 0 Å². The zero-order valence-electron chi connectivity index (χ0n) is 14.8. The highest BCUT2D eigenvalue weighted by molar-refractivity contribution is 9.10. The Kier molecular flexibility index (Phi) is 24.9. The quantitative estimate of drug-likeness (QED) is 0.275. The Morgan fingerprint density at radius 3 is 1.46 bits per heavy atom. The van der Waals surface area contributed by atoms with E-state index in [2.05, 4.69) is 57.3 Å². The maximum absolute atomic E-state index is 10.7. The first kappa shape index (κ1) is 28.6. The third-order valence-corrected chi connectivity index (χ3v) is 3.78. The lowest BCUT2D eigenvalue weighted by Crippen LogP contribution is -2.15. The topological polar surface area (TPSA) is 78.9 Å². The standard InChI is InChI=1S/C6H11BrO2.C5H9BrO2.C4H7BrO2/c1-3-5(7)6(8)9-4-2;1-3-8-5(7)4(2)6;1-2-7-4(6)3-5/h5H,3-4H2,1-2H3;4H,3H2,1-2H3;2-3H2,1H3. The molecule has 0 fully saturated rings. The summed E-state index contributed by atoms with van der Waals surface area (Å²) in [5.74, 6) is -0.574. The Labute approximate surface area is 169 Å². The van der Waals surface area contributed by atoms with Crippen molar-refractivity contribution in [3.05, 3.63) is 0 Å². The monoisotopic (exact) mass is 540 g/mol. The van der Waals surface area contributed by atoms with Gasteiger partial charge in [0.05, 0.1) is 19.8 Å². The number of alkyl halides is 3. The molecule has 0 aromatic rings. The van der Waals surface area contributed by atoms with Crippen LogP contribution in [0.5, 0.6) is 0 Å². The molecule has 0 spiro atoms. The molecule has 0 amide bonds. The second-order valence-electron chi connectivity index (χ2n) is 3.93. The Morgan fingerprint density at radius 1 is 0.833 bits per heavy atom. The van der Waals surface area contributed by atoms with E-state index in [1.54, 1.807) is 27.7 Å². The van der Waals surface area contributed by atoms with Crippen molar-refractivity contribution in [3.63, 3.8) is 0 Å². The fraction of sp³-hybridized carbons (Fsp3) is 0.800. The van der Waals surface area contributed by atoms with Gasteiger partial charge in [-0.3, -0.25) is 14.4 Å². The molecule has 0 saturated carbocycles. The van der Waals surface area contributed by atoms with Crippen LogP contribution in [-0.2, 0) is 28.6 Å². The van der Waals surface area contributed by atoms with Crippen molar-refractivity contribution in [3.8, 4) is 0 Å². The minimum Gasteiger partial charge on any atom is -0.465 e. The second kappa shape index (κ2) is 20.9. The van der Waals surface area contributed by atoms with E-state index in [4.69, 9.17) is 4.74 Å². The van der Waals surface area contributed by atoms with Crippen molar-refractivity contribution in [2.45, 2.75) is 50.7 Å². The molecule has 2 unspecified atom stereocenters. The van der Waals surface area contributed by atoms with E-state index in [-0.39, 0.29) is 27.6 Å². The molecule has 0 aliphatic heterocycles. The third-order valence-electron chi connectivity index (χ3n) is 1.93. The van der Waals surface area contributed by atoms with E-state index in [9.17, 15) is 14.4 Å². The van der Waals surface area contributed by atoms with Gasteiger partial charge in [0.15, 0.2) is 0 Å². The van der Waals surface area contributed by atoms with E-state index in [1.165, 1.54) is 0 Å². The fourth-order valence-corrected chi connectivity index (χ4v) is 1.28. The van der Waals surface area contributed by atoms with Crippen molar-refractivity contribution < 1.29 is 28.6 Å². The highest BCUT2D eigenvalue weighted by atomic mass is 79.9. The predicted octanol–water partition coefficient (Wildman–Crippen LogP) is 4.00. The van der Waals surface area contributed by atoms with Crippen LogP contribution in [0.4, 0.5) is 0 Å². The molecule has 0 heterocycles. The van der Waals surface area contributed by atoms with Crippen molar-refractivity contribution >= 4 is 65.7 Å². The van der Waals surface area contributed by atoms with Gasteiger partial charge < -0.3 is 14.2 Å². The second-order valence-corrected chi connectivity index (χ2v) is 6.97. The third kappa shape index (κ3) is 21.9. The summed E-state index contributed by atoms with van der Waals surface area (Å²) in [5.41, 5.74) is 0. The minimum absolute atomic E-state index is 0.127. The lowest BCUT2D eigenvalue weighted by molar-refractivity contribution is -0.143. The molecule has 24 heavy (non-hydrogen) atoms. The highest BCUT2D eigenvalue weighted by Crippen LogP contribution is 2.05. The van der Waals surface area contributed by atoms with Crippen LogP contribution in [0.25, 0.3) is 0 Å². The Morgan fingerprint density at radius 2 is 1.25 bits per heavy atom. The summed E-state index contributed by atoms with van der Waals surface area (Å²) in [4.78, 5) is 31.0. The molecular weight excluding hydrogens is 516 g/mol. The summed E-state index contributed by atoms with van der Waals surface area (Å²) in [6.45, 7) is 10.4. The van der Waals surface area contributed by atoms with E-state index < -0.39 is 0 Å². The average molecular weight is 543 g/mol. The molecule has 0 aliphatic carbocycles. The van der Waals surface area contributed by atoms with Crippen molar-refractivity contribution in [2.75, 3.05) is 25.2 Å². The van der Waals surface area contributed by atoms with Gasteiger partial charge in [-0.1, -0.05) is 54.7 Å². The van der Waals surface area contributed by atoms with Crippen molar-refractivity contribution in [1.29, 1.82) is 0 Å². The van der Waals surface area contributed by atoms with Crippen LogP contribution in [0, 0.1) is 0 Å². The maximum Gasteiger partial charge on any atom is 0.319 e. The number of esters is 3. The zero-order chi connectivity index (χ0) is 19.5. The number of ether oxygens (including phenoxy) is 3. The van der Waals surface area contributed by atoms with Gasteiger partial charge in [-0.05, 0) is 34.1 Å². The molecule has 0 bridgehead atoms. The molecule has 0 radical (unpaired) electrons. The minimum atomic E-state index is -0.206. The molecule has 0 N–H and O–H groups in total. The summed E-state index contributed by atoms with van der Waals surface area (Å²) in [5, 5.41) is 0.292. The predicted molar refractivity (Wildman–Crippen MR) is 105 cm³/mol. The van der Waals surface area contributed by atoms with Crippen molar-refractivity contribution in [2.24, 2.45) is 0 Å². The summed E-state index contributed by atoms with van der Waals surface area (Å²) in [6.07, 6.45) is 0.777. The van der Waals surface area contributed by atoms with Gasteiger partial charge in [0.2, 0.25) is 0 Å². The molecule has 0 aliphatic rings. The van der Waals surface area contributed by atoms with Crippen LogP contribution in [0.3, 0.4) is 0 Å². The molecular formula is C15H27Br3O6. The van der Waals surface area contributed by atoms with Gasteiger partial charge in [0.1, 0.15) is 15.0 Å². The number of carbonyl (C=O) groups excluding carboxylic acids is 3. The fourth-order valence-electron chi connectivity index (χ4n) is 0.856. The molecule has 9 heteroatoms. The molecule has 0 saturated heterocycles. The number of carbonyl (C=O) groups is 3. The zero-order valence-corrected chi connectivity index (χ0v) is 19.5. The van der Waals surface area contributed by atoms with Gasteiger partial charge >= 0.3 is 17.9 Å². The highest BCUT2D eigenvalue weighted by Gasteiger charge is 2.11. The van der Waals surface area contributed by atoms with Gasteiger partial charge in [0, 0.05) is 0 Å². The first-order valence-electron chi connectivity index (χ1n) is 7.54. The first-order chi connectivity index (χ1) is 11.2. The van der Waals surface area contributed by atoms with E-state index in [1.807, 2.05) is 6.92 Å². The van der Waals surface area contributed by atoms with Gasteiger partial charge in [-0.2, -0.15) is 0 Å². The summed E-state index contributed by atoms with van der Waals surface area (Å²) < 4.78 is 13.8. The van der Waals surface area contributed by atoms with Crippen molar-refractivity contribution in [1.82, 2.24) is 0 Å². The van der Waals surface area contributed by atoms with Crippen LogP contribution >= 0.6 is 47.8 Å². The summed E-state index contributed by atoms with van der Waals surface area (Å²) in [7, 11) is 0. The lowest BCUT2D eigenvalue weighted by atomic mass is 10.3. The Hall–Kier alpha value is -0.150. The van der Waals surface area contributed by atoms with Crippen LogP contribution in [0.15, 0.2) is 0 Å². The average Bonchev–Trinajstić information content (AvgIpc) is 2.55. The Bertz CT molecular complexity index is 337. The molecule has 0 aromatic heterocycles. The largest absolute Gasteiger partial charge is 0.465 e. The van der Waals surface area contributed by atoms with Crippen LogP contribution in [-0.4, -0.2) is 52.7 Å². The number of rotatable bonds is 7. The molecule has 6 nitrogen and oxygen atoms in total. The van der Waals surface area contributed by atoms with Crippen LogP contribution < -0.4 is 0 Å². The SMILES string of the molecule is CCOC(=O)C(Br)CC.CCOC(=O)C(C)Br.CCOC(=O)CBr. The summed E-state index contributed by atoms with van der Waals surface area (Å²) in [6, 6.07) is 0. The number of hydrogen-bond acceptors (Lipinski definition) is 6. The van der Waals surface area contributed by atoms with Crippen LogP contribution in [0.1, 0.15) is 41.0 Å². The Balaban J connectivity index is -0.000000278. The van der Waals surface area contributed by atoms with E-state index in [0.717, 1.165) is 6.42 Å². The lowest BCUT2D eigenvalue weighted by Gasteiger charge is -2.04. The normalized spacial score (nSPS) is 11.5. The van der Waals surface area contributed by atoms with Crippen LogP contribution in [0.2, 0.25) is 0 Å². The number of halogens is 3. The molecule has 0 rings (SSSR count). The first-order valence-corrected chi connectivity index (χ1v) is 10.5.